The number of anilines is 1. The van der Waals surface area contributed by atoms with Gasteiger partial charge in [0.2, 0.25) is 0 Å². The Kier molecular flexibility index (Phi) is 5.75. The molecule has 0 heterocycles. The van der Waals surface area contributed by atoms with Crippen molar-refractivity contribution >= 4 is 21.6 Å². The molecule has 0 unspecified atom stereocenters. The zero-order valence-corrected chi connectivity index (χ0v) is 15.9. The van der Waals surface area contributed by atoms with Crippen LogP contribution in [0.4, 0.5) is 10.1 Å². The maximum absolute atomic E-state index is 14.2. The molecule has 0 saturated carbocycles. The van der Waals surface area contributed by atoms with Gasteiger partial charge in [-0.2, -0.15) is 4.31 Å². The minimum absolute atomic E-state index is 0.0754. The van der Waals surface area contributed by atoms with Crippen molar-refractivity contribution in [3.63, 3.8) is 0 Å². The molecular weight excluding hydrogens is 381 g/mol. The van der Waals surface area contributed by atoms with E-state index >= 15 is 0 Å². The number of benzene rings is 3. The van der Waals surface area contributed by atoms with Gasteiger partial charge >= 0.3 is 0 Å². The number of hydrogen-bond donors (Lipinski definition) is 0. The van der Waals surface area contributed by atoms with E-state index in [0.29, 0.717) is 16.7 Å². The van der Waals surface area contributed by atoms with E-state index in [0.717, 1.165) is 6.07 Å². The van der Waals surface area contributed by atoms with Crippen LogP contribution in [0.25, 0.3) is 0 Å². The average Bonchev–Trinajstić information content (AvgIpc) is 2.70. The SMILES string of the molecule is CCOc1ccc(N(C(=O)c2ccccc2F)S(=O)(=O)c2ccccc2)cc1. The van der Waals surface area contributed by atoms with Gasteiger partial charge in [-0.25, -0.2) is 12.8 Å². The fourth-order valence-electron chi connectivity index (χ4n) is 2.65. The summed E-state index contributed by atoms with van der Waals surface area (Å²) in [6, 6.07) is 18.8. The number of sulfonamides is 1. The van der Waals surface area contributed by atoms with E-state index in [-0.39, 0.29) is 16.1 Å². The van der Waals surface area contributed by atoms with Crippen molar-refractivity contribution in [2.75, 3.05) is 10.9 Å². The predicted molar refractivity (Wildman–Crippen MR) is 104 cm³/mol. The Balaban J connectivity index is 2.14. The molecule has 0 aliphatic heterocycles. The van der Waals surface area contributed by atoms with E-state index in [1.165, 1.54) is 42.5 Å². The zero-order chi connectivity index (χ0) is 20.1. The van der Waals surface area contributed by atoms with Gasteiger partial charge in [0.15, 0.2) is 0 Å². The second kappa shape index (κ2) is 8.22. The highest BCUT2D eigenvalue weighted by Crippen LogP contribution is 2.28. The highest BCUT2D eigenvalue weighted by Gasteiger charge is 2.33. The summed E-state index contributed by atoms with van der Waals surface area (Å²) in [5.41, 5.74) is -0.253. The highest BCUT2D eigenvalue weighted by atomic mass is 32.2. The van der Waals surface area contributed by atoms with Crippen LogP contribution in [-0.2, 0) is 10.0 Å². The van der Waals surface area contributed by atoms with E-state index in [4.69, 9.17) is 4.74 Å². The molecule has 28 heavy (non-hydrogen) atoms. The summed E-state index contributed by atoms with van der Waals surface area (Å²) < 4.78 is 46.6. The summed E-state index contributed by atoms with van der Waals surface area (Å²) in [5, 5.41) is 0. The summed E-state index contributed by atoms with van der Waals surface area (Å²) in [6.07, 6.45) is 0. The summed E-state index contributed by atoms with van der Waals surface area (Å²) in [4.78, 5) is 13.0. The number of hydrogen-bond acceptors (Lipinski definition) is 4. The molecule has 0 radical (unpaired) electrons. The first-order chi connectivity index (χ1) is 13.4. The number of amides is 1. The first-order valence-electron chi connectivity index (χ1n) is 8.57. The van der Waals surface area contributed by atoms with Crippen LogP contribution in [0.15, 0.2) is 83.8 Å². The molecule has 3 aromatic rings. The summed E-state index contributed by atoms with van der Waals surface area (Å²) in [7, 11) is -4.27. The molecule has 0 fully saturated rings. The summed E-state index contributed by atoms with van der Waals surface area (Å²) in [5.74, 6) is -1.25. The van der Waals surface area contributed by atoms with Crippen molar-refractivity contribution in [1.29, 1.82) is 0 Å². The fraction of sp³-hybridized carbons (Fsp3) is 0.0952. The van der Waals surface area contributed by atoms with Crippen LogP contribution in [0.5, 0.6) is 5.75 Å². The molecule has 0 saturated heterocycles. The molecule has 0 aliphatic carbocycles. The van der Waals surface area contributed by atoms with Crippen LogP contribution >= 0.6 is 0 Å². The van der Waals surface area contributed by atoms with Gasteiger partial charge in [-0.3, -0.25) is 4.79 Å². The molecule has 144 valence electrons. The number of halogens is 1. The van der Waals surface area contributed by atoms with Crippen LogP contribution in [0.1, 0.15) is 17.3 Å². The number of carbonyl (C=O) groups excluding carboxylic acids is 1. The topological polar surface area (TPSA) is 63.7 Å². The first-order valence-corrected chi connectivity index (χ1v) is 10.0. The van der Waals surface area contributed by atoms with Gasteiger partial charge < -0.3 is 4.74 Å². The van der Waals surface area contributed by atoms with Crippen molar-refractivity contribution in [3.05, 3.63) is 90.2 Å². The lowest BCUT2D eigenvalue weighted by Crippen LogP contribution is -2.37. The number of ether oxygens (including phenoxy) is 1. The van der Waals surface area contributed by atoms with Crippen LogP contribution in [-0.4, -0.2) is 20.9 Å². The zero-order valence-electron chi connectivity index (χ0n) is 15.1. The van der Waals surface area contributed by atoms with E-state index in [9.17, 15) is 17.6 Å². The minimum atomic E-state index is -4.27. The monoisotopic (exact) mass is 399 g/mol. The molecule has 1 amide bonds. The quantitative estimate of drug-likeness (QED) is 0.621. The van der Waals surface area contributed by atoms with Crippen molar-refractivity contribution in [2.24, 2.45) is 0 Å². The van der Waals surface area contributed by atoms with E-state index in [2.05, 4.69) is 0 Å². The van der Waals surface area contributed by atoms with Crippen LogP contribution in [0, 0.1) is 5.82 Å². The fourth-order valence-corrected chi connectivity index (χ4v) is 4.08. The van der Waals surface area contributed by atoms with E-state index in [1.54, 1.807) is 30.3 Å². The molecule has 0 aliphatic rings. The molecule has 5 nitrogen and oxygen atoms in total. The number of carbonyl (C=O) groups is 1. The third-order valence-corrected chi connectivity index (χ3v) is 5.68. The van der Waals surface area contributed by atoms with Crippen molar-refractivity contribution in [2.45, 2.75) is 11.8 Å². The van der Waals surface area contributed by atoms with Crippen molar-refractivity contribution in [1.82, 2.24) is 0 Å². The molecule has 0 atom stereocenters. The smallest absolute Gasteiger partial charge is 0.275 e. The second-order valence-corrected chi connectivity index (χ2v) is 7.58. The Morgan fingerprint density at radius 2 is 1.54 bits per heavy atom. The number of rotatable bonds is 6. The Bertz CT molecular complexity index is 1070. The maximum Gasteiger partial charge on any atom is 0.275 e. The lowest BCUT2D eigenvalue weighted by atomic mass is 10.2. The van der Waals surface area contributed by atoms with Crippen molar-refractivity contribution in [3.8, 4) is 5.75 Å². The Hall–Kier alpha value is -3.19. The van der Waals surface area contributed by atoms with Crippen LogP contribution < -0.4 is 9.04 Å². The summed E-state index contributed by atoms with van der Waals surface area (Å²) in [6.45, 7) is 2.27. The minimum Gasteiger partial charge on any atom is -0.494 e. The van der Waals surface area contributed by atoms with Crippen LogP contribution in [0.3, 0.4) is 0 Å². The molecule has 0 bridgehead atoms. The Morgan fingerprint density at radius 1 is 0.929 bits per heavy atom. The third kappa shape index (κ3) is 3.89. The standard InChI is InChI=1S/C21H18FNO4S/c1-2-27-17-14-12-16(13-15-17)23(21(24)19-10-6-7-11-20(19)22)28(25,26)18-8-4-3-5-9-18/h3-15H,2H2,1H3. The lowest BCUT2D eigenvalue weighted by molar-refractivity contribution is 0.100. The normalized spacial score (nSPS) is 11.1. The largest absolute Gasteiger partial charge is 0.494 e. The van der Waals surface area contributed by atoms with Crippen molar-refractivity contribution < 1.29 is 22.3 Å². The second-order valence-electron chi connectivity index (χ2n) is 5.79. The molecule has 3 aromatic carbocycles. The average molecular weight is 399 g/mol. The Morgan fingerprint density at radius 3 is 2.14 bits per heavy atom. The Labute approximate surface area is 163 Å². The molecule has 0 aromatic heterocycles. The first kappa shape index (κ1) is 19.6. The van der Waals surface area contributed by atoms with Gasteiger partial charge in [-0.05, 0) is 55.5 Å². The molecule has 0 N–H and O–H groups in total. The van der Waals surface area contributed by atoms with Crippen LogP contribution in [0.2, 0.25) is 0 Å². The van der Waals surface area contributed by atoms with Gasteiger partial charge in [-0.15, -0.1) is 0 Å². The lowest BCUT2D eigenvalue weighted by Gasteiger charge is -2.23. The predicted octanol–water partition coefficient (Wildman–Crippen LogP) is 4.26. The number of nitrogens with zero attached hydrogens (tertiary/aromatic N) is 1. The molecule has 7 heteroatoms. The van der Waals surface area contributed by atoms with Gasteiger partial charge in [-0.1, -0.05) is 30.3 Å². The maximum atomic E-state index is 14.2. The van der Waals surface area contributed by atoms with E-state index < -0.39 is 21.7 Å². The molecular formula is C21H18FNO4S. The van der Waals surface area contributed by atoms with Gasteiger partial charge in [0.05, 0.1) is 22.8 Å². The van der Waals surface area contributed by atoms with Gasteiger partial charge in [0, 0.05) is 0 Å². The summed E-state index contributed by atoms with van der Waals surface area (Å²) >= 11 is 0. The van der Waals surface area contributed by atoms with Gasteiger partial charge in [0.25, 0.3) is 15.9 Å². The third-order valence-electron chi connectivity index (χ3n) is 3.95. The van der Waals surface area contributed by atoms with Gasteiger partial charge in [0.1, 0.15) is 11.6 Å². The highest BCUT2D eigenvalue weighted by molar-refractivity contribution is 7.93. The molecule has 3 rings (SSSR count). The van der Waals surface area contributed by atoms with E-state index in [1.807, 2.05) is 6.92 Å². The molecule has 0 spiro atoms.